The van der Waals surface area contributed by atoms with Gasteiger partial charge in [0.15, 0.2) is 0 Å². The SMILES string of the molecule is CC(C)C1=Cc2cccc3nc(-c4[c-]cccc4)n(c23)C1.Cc1ccc2c(n1)oc1c(-c3cc(C(C)C)ccn3)[c-]ccc12.[Ir]. The average molecular weight is 767 g/mol. The fourth-order valence-electron chi connectivity index (χ4n) is 5.85. The van der Waals surface area contributed by atoms with E-state index in [0.717, 1.165) is 56.8 Å². The average Bonchev–Trinajstić information content (AvgIpc) is 3.60. The number of pyridine rings is 2. The van der Waals surface area contributed by atoms with Crippen LogP contribution in [0.5, 0.6) is 0 Å². The van der Waals surface area contributed by atoms with E-state index in [2.05, 4.69) is 103 Å². The van der Waals surface area contributed by atoms with Gasteiger partial charge in [-0.3, -0.25) is 4.98 Å². The Morgan fingerprint density at radius 3 is 2.49 bits per heavy atom. The molecule has 0 fully saturated rings. The van der Waals surface area contributed by atoms with Crippen LogP contribution in [0.25, 0.3) is 61.8 Å². The molecule has 227 valence electrons. The summed E-state index contributed by atoms with van der Waals surface area (Å²) in [4.78, 5) is 13.9. The topological polar surface area (TPSA) is 56.7 Å². The predicted octanol–water partition coefficient (Wildman–Crippen LogP) is 9.83. The van der Waals surface area contributed by atoms with Crippen molar-refractivity contribution in [2.24, 2.45) is 5.92 Å². The number of furan rings is 1. The summed E-state index contributed by atoms with van der Waals surface area (Å²) >= 11 is 0. The molecular formula is C39H34IrN4O-2. The van der Waals surface area contributed by atoms with E-state index in [0.29, 0.717) is 17.5 Å². The van der Waals surface area contributed by atoms with Crippen LogP contribution in [0.4, 0.5) is 0 Å². The van der Waals surface area contributed by atoms with E-state index in [1.165, 1.54) is 22.2 Å². The number of aryl methyl sites for hydroxylation is 1. The molecule has 0 aliphatic carbocycles. The van der Waals surface area contributed by atoms with Gasteiger partial charge >= 0.3 is 0 Å². The monoisotopic (exact) mass is 767 g/mol. The van der Waals surface area contributed by atoms with E-state index in [1.807, 2.05) is 49.5 Å². The second-order valence-corrected chi connectivity index (χ2v) is 12.0. The normalized spacial score (nSPS) is 12.4. The van der Waals surface area contributed by atoms with Crippen LogP contribution in [-0.4, -0.2) is 19.5 Å². The first-order chi connectivity index (χ1) is 21.4. The second-order valence-electron chi connectivity index (χ2n) is 12.0. The molecule has 0 N–H and O–H groups in total. The fourth-order valence-corrected chi connectivity index (χ4v) is 5.85. The van der Waals surface area contributed by atoms with Crippen molar-refractivity contribution in [3.63, 3.8) is 0 Å². The summed E-state index contributed by atoms with van der Waals surface area (Å²) in [5.41, 5.74) is 11.5. The number of aromatic nitrogens is 4. The maximum Gasteiger partial charge on any atom is 0.216 e. The molecular weight excluding hydrogens is 733 g/mol. The first-order valence-electron chi connectivity index (χ1n) is 15.2. The summed E-state index contributed by atoms with van der Waals surface area (Å²) in [5, 5.41) is 2.08. The Morgan fingerprint density at radius 2 is 1.71 bits per heavy atom. The molecule has 0 amide bonds. The molecule has 3 aromatic carbocycles. The van der Waals surface area contributed by atoms with Crippen molar-refractivity contribution in [2.45, 2.75) is 47.1 Å². The number of imidazole rings is 1. The van der Waals surface area contributed by atoms with E-state index in [1.54, 1.807) is 0 Å². The predicted molar refractivity (Wildman–Crippen MR) is 179 cm³/mol. The molecule has 7 aromatic rings. The summed E-state index contributed by atoms with van der Waals surface area (Å²) in [6.45, 7) is 11.7. The molecule has 5 heterocycles. The molecule has 1 radical (unpaired) electrons. The van der Waals surface area contributed by atoms with Gasteiger partial charge in [-0.05, 0) is 59.9 Å². The molecule has 8 rings (SSSR count). The van der Waals surface area contributed by atoms with E-state index < -0.39 is 0 Å². The van der Waals surface area contributed by atoms with Crippen molar-refractivity contribution in [1.29, 1.82) is 0 Å². The first-order valence-corrected chi connectivity index (χ1v) is 15.2. The van der Waals surface area contributed by atoms with Crippen molar-refractivity contribution in [2.75, 3.05) is 0 Å². The van der Waals surface area contributed by atoms with Crippen LogP contribution >= 0.6 is 0 Å². The van der Waals surface area contributed by atoms with Gasteiger partial charge in [0, 0.05) is 43.9 Å². The standard InChI is InChI=1S/C20H17N2O.C19H17N2.Ir/c1-12(2)14-9-10-21-18(11-14)17-6-4-5-15-16-8-7-13(3)22-20(16)23-19(15)17;1-13(2)16-11-15-9-6-10-17-18(15)21(12-16)19(20-17)14-7-4-3-5-8-14;/h4-5,7-12H,1-3H3;3-7,9-11,13H,12H2,1-2H3;/q2*-1;. The molecule has 1 aliphatic rings. The molecule has 45 heavy (non-hydrogen) atoms. The molecule has 0 bridgehead atoms. The number of nitrogens with zero attached hydrogens (tertiary/aromatic N) is 4. The number of fused-ring (bicyclic) bond motifs is 3. The van der Waals surface area contributed by atoms with Crippen LogP contribution in [0.2, 0.25) is 0 Å². The minimum absolute atomic E-state index is 0. The molecule has 0 saturated heterocycles. The van der Waals surface area contributed by atoms with E-state index >= 15 is 0 Å². The third-order valence-corrected chi connectivity index (χ3v) is 8.32. The Bertz CT molecular complexity index is 2170. The minimum atomic E-state index is 0. The Labute approximate surface area is 277 Å². The van der Waals surface area contributed by atoms with Gasteiger partial charge in [-0.15, -0.1) is 54.1 Å². The van der Waals surface area contributed by atoms with Crippen LogP contribution in [0.15, 0.2) is 95.0 Å². The Balaban J connectivity index is 0.000000156. The zero-order chi connectivity index (χ0) is 30.4. The Hall–Kier alpha value is -4.38. The summed E-state index contributed by atoms with van der Waals surface area (Å²) in [6, 6.07) is 33.2. The number of rotatable bonds is 4. The molecule has 0 atom stereocenters. The number of hydrogen-bond donors (Lipinski definition) is 0. The van der Waals surface area contributed by atoms with Crippen molar-refractivity contribution in [3.8, 4) is 22.6 Å². The quantitative estimate of drug-likeness (QED) is 0.168. The summed E-state index contributed by atoms with van der Waals surface area (Å²) in [7, 11) is 0. The number of benzene rings is 3. The first kappa shape index (κ1) is 30.6. The molecule has 0 saturated carbocycles. The molecule has 1 aliphatic heterocycles. The van der Waals surface area contributed by atoms with Gasteiger partial charge in [-0.2, -0.15) is 0 Å². The third kappa shape index (κ3) is 5.77. The second kappa shape index (κ2) is 12.5. The largest absolute Gasteiger partial charge is 0.486 e. The molecule has 5 nitrogen and oxygen atoms in total. The molecule has 0 unspecified atom stereocenters. The van der Waals surface area contributed by atoms with Crippen LogP contribution in [0, 0.1) is 25.0 Å². The maximum atomic E-state index is 6.04. The number of allylic oxidation sites excluding steroid dienone is 1. The minimum Gasteiger partial charge on any atom is -0.486 e. The van der Waals surface area contributed by atoms with Crippen molar-refractivity contribution in [3.05, 3.63) is 120 Å². The van der Waals surface area contributed by atoms with E-state index in [9.17, 15) is 0 Å². The molecule has 0 spiro atoms. The summed E-state index contributed by atoms with van der Waals surface area (Å²) in [5.74, 6) is 2.02. The van der Waals surface area contributed by atoms with Crippen LogP contribution in [-0.2, 0) is 26.7 Å². The van der Waals surface area contributed by atoms with Gasteiger partial charge in [0.05, 0.1) is 22.4 Å². The van der Waals surface area contributed by atoms with Crippen molar-refractivity contribution < 1.29 is 24.5 Å². The Morgan fingerprint density at radius 1 is 0.844 bits per heavy atom. The van der Waals surface area contributed by atoms with Gasteiger partial charge < -0.3 is 14.0 Å². The van der Waals surface area contributed by atoms with Crippen LogP contribution < -0.4 is 0 Å². The van der Waals surface area contributed by atoms with Crippen molar-refractivity contribution in [1.82, 2.24) is 19.5 Å². The third-order valence-electron chi connectivity index (χ3n) is 8.32. The summed E-state index contributed by atoms with van der Waals surface area (Å²) < 4.78 is 8.38. The van der Waals surface area contributed by atoms with Crippen molar-refractivity contribution >= 4 is 39.2 Å². The number of hydrogen-bond acceptors (Lipinski definition) is 4. The number of para-hydroxylation sites is 1. The molecule has 4 aromatic heterocycles. The van der Waals surface area contributed by atoms with Gasteiger partial charge in [-0.1, -0.05) is 68.5 Å². The van der Waals surface area contributed by atoms with Gasteiger partial charge in [0.25, 0.3) is 0 Å². The van der Waals surface area contributed by atoms with E-state index in [-0.39, 0.29) is 20.1 Å². The zero-order valence-corrected chi connectivity index (χ0v) is 28.4. The maximum absolute atomic E-state index is 6.04. The smallest absolute Gasteiger partial charge is 0.216 e. The van der Waals surface area contributed by atoms with Gasteiger partial charge in [0.1, 0.15) is 0 Å². The Kier molecular flexibility index (Phi) is 8.54. The summed E-state index contributed by atoms with van der Waals surface area (Å²) in [6.07, 6.45) is 4.18. The zero-order valence-electron chi connectivity index (χ0n) is 26.1. The fraction of sp³-hybridized carbons (Fsp3) is 0.205. The van der Waals surface area contributed by atoms with Crippen LogP contribution in [0.1, 0.15) is 50.4 Å². The van der Waals surface area contributed by atoms with E-state index in [4.69, 9.17) is 9.40 Å². The van der Waals surface area contributed by atoms with Gasteiger partial charge in [-0.25, -0.2) is 4.98 Å². The molecule has 6 heteroatoms. The van der Waals surface area contributed by atoms with Crippen LogP contribution in [0.3, 0.4) is 0 Å². The van der Waals surface area contributed by atoms with Gasteiger partial charge in [0.2, 0.25) is 5.71 Å².